The Morgan fingerprint density at radius 3 is 2.52 bits per heavy atom. The van der Waals surface area contributed by atoms with Crippen molar-refractivity contribution in [2.24, 2.45) is 11.8 Å². The first kappa shape index (κ1) is 15.2. The fourth-order valence-electron chi connectivity index (χ4n) is 2.67. The van der Waals surface area contributed by atoms with Gasteiger partial charge in [0.05, 0.1) is 28.7 Å². The number of nitro benzene ring substituents is 1. The molecule has 7 heteroatoms. The molecule has 0 radical (unpaired) electrons. The molecule has 0 bridgehead atoms. The molecular weight excluding hydrogens is 276 g/mol. The largest absolute Gasteiger partial charge is 0.506 e. The van der Waals surface area contributed by atoms with Crippen molar-refractivity contribution in [1.29, 1.82) is 0 Å². The minimum Gasteiger partial charge on any atom is -0.506 e. The number of nitrogens with zero attached hydrogens (tertiary/aromatic N) is 1. The number of non-ortho nitro benzene ring substituents is 1. The second kappa shape index (κ2) is 5.69. The Bertz CT molecular complexity index is 574. The number of rotatable bonds is 3. The summed E-state index contributed by atoms with van der Waals surface area (Å²) in [6.45, 7) is 5.64. The van der Waals surface area contributed by atoms with Gasteiger partial charge in [0, 0.05) is 12.1 Å². The van der Waals surface area contributed by atoms with Gasteiger partial charge in [0.1, 0.15) is 5.75 Å². The summed E-state index contributed by atoms with van der Waals surface area (Å²) in [5.74, 6) is -0.851. The normalized spacial score (nSPS) is 28.3. The average molecular weight is 294 g/mol. The lowest BCUT2D eigenvalue weighted by Crippen LogP contribution is -2.32. The Kier molecular flexibility index (Phi) is 4.13. The summed E-state index contributed by atoms with van der Waals surface area (Å²) in [6.07, 6.45) is -0.273. The summed E-state index contributed by atoms with van der Waals surface area (Å²) in [7, 11) is 0. The van der Waals surface area contributed by atoms with Crippen LogP contribution in [0, 0.1) is 22.0 Å². The molecule has 0 spiro atoms. The van der Waals surface area contributed by atoms with Gasteiger partial charge in [-0.15, -0.1) is 0 Å². The first-order valence-corrected chi connectivity index (χ1v) is 6.75. The number of phenols is 1. The molecule has 2 N–H and O–H groups in total. The average Bonchev–Trinajstić information content (AvgIpc) is 2.65. The van der Waals surface area contributed by atoms with Gasteiger partial charge in [0.15, 0.2) is 0 Å². The van der Waals surface area contributed by atoms with E-state index in [0.717, 1.165) is 6.07 Å². The van der Waals surface area contributed by atoms with Crippen LogP contribution >= 0.6 is 0 Å². The van der Waals surface area contributed by atoms with Gasteiger partial charge in [0.2, 0.25) is 5.91 Å². The molecule has 4 unspecified atom stereocenters. The summed E-state index contributed by atoms with van der Waals surface area (Å²) >= 11 is 0. The van der Waals surface area contributed by atoms with E-state index in [-0.39, 0.29) is 47.1 Å². The van der Waals surface area contributed by atoms with E-state index in [4.69, 9.17) is 4.74 Å². The maximum Gasteiger partial charge on any atom is 0.271 e. The molecule has 114 valence electrons. The standard InChI is InChI=1S/C14H18N2O5/c1-7-8(2)21-9(3)13(7)14(18)15-11-6-10(16(19)20)4-5-12(11)17/h4-9,13,17H,1-3H3,(H,15,18). The van der Waals surface area contributed by atoms with E-state index < -0.39 is 4.92 Å². The lowest BCUT2D eigenvalue weighted by Gasteiger charge is -2.18. The van der Waals surface area contributed by atoms with Crippen LogP contribution in [0.5, 0.6) is 5.75 Å². The summed E-state index contributed by atoms with van der Waals surface area (Å²) in [5.41, 5.74) is -0.159. The fraction of sp³-hybridized carbons (Fsp3) is 0.500. The Balaban J connectivity index is 2.20. The monoisotopic (exact) mass is 294 g/mol. The number of hydrogen-bond donors (Lipinski definition) is 2. The Morgan fingerprint density at radius 1 is 1.33 bits per heavy atom. The Labute approximate surface area is 122 Å². The molecule has 0 aromatic heterocycles. The smallest absolute Gasteiger partial charge is 0.271 e. The second-order valence-corrected chi connectivity index (χ2v) is 5.38. The number of ether oxygens (including phenoxy) is 1. The van der Waals surface area contributed by atoms with Crippen molar-refractivity contribution in [3.8, 4) is 5.75 Å². The molecular formula is C14H18N2O5. The number of aromatic hydroxyl groups is 1. The summed E-state index contributed by atoms with van der Waals surface area (Å²) in [6, 6.07) is 3.51. The topological polar surface area (TPSA) is 102 Å². The van der Waals surface area contributed by atoms with E-state index in [9.17, 15) is 20.0 Å². The lowest BCUT2D eigenvalue weighted by atomic mass is 9.89. The number of anilines is 1. The van der Waals surface area contributed by atoms with Crippen molar-refractivity contribution in [2.75, 3.05) is 5.32 Å². The Hall–Kier alpha value is -2.15. The van der Waals surface area contributed by atoms with E-state index in [0.29, 0.717) is 0 Å². The van der Waals surface area contributed by atoms with E-state index in [1.54, 1.807) is 0 Å². The molecule has 4 atom stereocenters. The van der Waals surface area contributed by atoms with Gasteiger partial charge in [-0.1, -0.05) is 6.92 Å². The second-order valence-electron chi connectivity index (χ2n) is 5.38. The number of hydrogen-bond acceptors (Lipinski definition) is 5. The summed E-state index contributed by atoms with van der Waals surface area (Å²) < 4.78 is 5.61. The summed E-state index contributed by atoms with van der Waals surface area (Å²) in [5, 5.41) is 23.0. The van der Waals surface area contributed by atoms with Gasteiger partial charge in [-0.25, -0.2) is 0 Å². The molecule has 0 aliphatic carbocycles. The highest BCUT2D eigenvalue weighted by Gasteiger charge is 2.41. The molecule has 21 heavy (non-hydrogen) atoms. The van der Waals surface area contributed by atoms with Gasteiger partial charge in [-0.2, -0.15) is 0 Å². The van der Waals surface area contributed by atoms with Crippen LogP contribution in [0.25, 0.3) is 0 Å². The minimum atomic E-state index is -0.582. The third kappa shape index (κ3) is 2.97. The number of phenolic OH excluding ortho intramolecular Hbond substituents is 1. The Morgan fingerprint density at radius 2 is 2.00 bits per heavy atom. The molecule has 0 saturated carbocycles. The molecule has 1 saturated heterocycles. The van der Waals surface area contributed by atoms with Gasteiger partial charge in [0.25, 0.3) is 5.69 Å². The van der Waals surface area contributed by atoms with Crippen molar-refractivity contribution in [3.63, 3.8) is 0 Å². The third-order valence-electron chi connectivity index (χ3n) is 3.99. The van der Waals surface area contributed by atoms with Crippen LogP contribution in [0.3, 0.4) is 0 Å². The van der Waals surface area contributed by atoms with Crippen molar-refractivity contribution in [2.45, 2.75) is 33.0 Å². The van der Waals surface area contributed by atoms with Crippen LogP contribution in [0.4, 0.5) is 11.4 Å². The highest BCUT2D eigenvalue weighted by molar-refractivity contribution is 5.95. The maximum atomic E-state index is 12.3. The van der Waals surface area contributed by atoms with Crippen molar-refractivity contribution < 1.29 is 19.6 Å². The van der Waals surface area contributed by atoms with Crippen molar-refractivity contribution in [1.82, 2.24) is 0 Å². The van der Waals surface area contributed by atoms with Crippen LogP contribution in [0.15, 0.2) is 18.2 Å². The lowest BCUT2D eigenvalue weighted by molar-refractivity contribution is -0.384. The molecule has 1 heterocycles. The zero-order valence-electron chi connectivity index (χ0n) is 12.1. The highest BCUT2D eigenvalue weighted by atomic mass is 16.6. The summed E-state index contributed by atoms with van der Waals surface area (Å²) in [4.78, 5) is 22.5. The first-order chi connectivity index (χ1) is 9.81. The number of nitro groups is 1. The van der Waals surface area contributed by atoms with Gasteiger partial charge >= 0.3 is 0 Å². The highest BCUT2D eigenvalue weighted by Crippen LogP contribution is 2.34. The van der Waals surface area contributed by atoms with Gasteiger partial charge in [-0.05, 0) is 25.8 Å². The van der Waals surface area contributed by atoms with Gasteiger partial charge < -0.3 is 15.2 Å². The van der Waals surface area contributed by atoms with E-state index >= 15 is 0 Å². The van der Waals surface area contributed by atoms with E-state index in [1.165, 1.54) is 12.1 Å². The van der Waals surface area contributed by atoms with Crippen molar-refractivity contribution >= 4 is 17.3 Å². The molecule has 7 nitrogen and oxygen atoms in total. The predicted molar refractivity (Wildman–Crippen MR) is 76.1 cm³/mol. The SMILES string of the molecule is CC1OC(C)C(C(=O)Nc2cc([N+](=O)[O-])ccc2O)C1C. The third-order valence-corrected chi connectivity index (χ3v) is 3.99. The van der Waals surface area contributed by atoms with Crippen LogP contribution in [0.2, 0.25) is 0 Å². The van der Waals surface area contributed by atoms with Crippen LogP contribution in [0.1, 0.15) is 20.8 Å². The number of carbonyl (C=O) groups excluding carboxylic acids is 1. The molecule has 1 aliphatic rings. The van der Waals surface area contributed by atoms with Crippen molar-refractivity contribution in [3.05, 3.63) is 28.3 Å². The zero-order valence-corrected chi connectivity index (χ0v) is 12.1. The van der Waals surface area contributed by atoms with Crippen LogP contribution in [-0.4, -0.2) is 28.1 Å². The predicted octanol–water partition coefficient (Wildman–Crippen LogP) is 2.30. The fourth-order valence-corrected chi connectivity index (χ4v) is 2.67. The first-order valence-electron chi connectivity index (χ1n) is 6.75. The van der Waals surface area contributed by atoms with Gasteiger partial charge in [-0.3, -0.25) is 14.9 Å². The molecule has 1 fully saturated rings. The number of carbonyl (C=O) groups is 1. The zero-order chi connectivity index (χ0) is 15.7. The minimum absolute atomic E-state index is 0.0286. The van der Waals surface area contributed by atoms with Crippen LogP contribution in [-0.2, 0) is 9.53 Å². The molecule has 1 aromatic rings. The molecule has 2 rings (SSSR count). The molecule has 1 aliphatic heterocycles. The maximum absolute atomic E-state index is 12.3. The molecule has 1 aromatic carbocycles. The van der Waals surface area contributed by atoms with E-state index in [1.807, 2.05) is 20.8 Å². The van der Waals surface area contributed by atoms with Crippen LogP contribution < -0.4 is 5.32 Å². The number of benzene rings is 1. The quantitative estimate of drug-likeness (QED) is 0.506. The molecule has 1 amide bonds. The number of nitrogens with one attached hydrogen (secondary N) is 1. The number of amides is 1. The van der Waals surface area contributed by atoms with E-state index in [2.05, 4.69) is 5.32 Å².